The summed E-state index contributed by atoms with van der Waals surface area (Å²) in [5.74, 6) is 1.54. The second kappa shape index (κ2) is 7.30. The van der Waals surface area contributed by atoms with Gasteiger partial charge in [0.1, 0.15) is 17.9 Å². The molecule has 1 aromatic heterocycles. The Kier molecular flexibility index (Phi) is 4.47. The van der Waals surface area contributed by atoms with Crippen LogP contribution in [0.25, 0.3) is 11.1 Å². The molecule has 2 aromatic carbocycles. The summed E-state index contributed by atoms with van der Waals surface area (Å²) in [6.07, 6.45) is 2.68. The van der Waals surface area contributed by atoms with Crippen molar-refractivity contribution in [2.75, 3.05) is 11.9 Å². The van der Waals surface area contributed by atoms with E-state index in [9.17, 15) is 4.79 Å². The third-order valence-electron chi connectivity index (χ3n) is 5.54. The Labute approximate surface area is 175 Å². The third kappa shape index (κ3) is 3.10. The molecule has 3 aromatic rings. The zero-order valence-corrected chi connectivity index (χ0v) is 16.9. The zero-order valence-electron chi connectivity index (χ0n) is 16.9. The summed E-state index contributed by atoms with van der Waals surface area (Å²) in [7, 11) is 0. The molecule has 0 radical (unpaired) electrons. The molecular formula is C24H22N4O2. The summed E-state index contributed by atoms with van der Waals surface area (Å²) in [6.45, 7) is 4.68. The molecule has 6 heteroatoms. The van der Waals surface area contributed by atoms with Gasteiger partial charge in [-0.15, -0.1) is 0 Å². The van der Waals surface area contributed by atoms with Crippen LogP contribution in [0.1, 0.15) is 35.0 Å². The molecule has 0 bridgehead atoms. The van der Waals surface area contributed by atoms with E-state index < -0.39 is 0 Å². The molecule has 1 atom stereocenters. The molecule has 5 rings (SSSR count). The average molecular weight is 398 g/mol. The van der Waals surface area contributed by atoms with Crippen LogP contribution >= 0.6 is 0 Å². The maximum absolute atomic E-state index is 13.2. The van der Waals surface area contributed by atoms with Gasteiger partial charge in [0.05, 0.1) is 17.2 Å². The normalized spacial score (nSPS) is 16.8. The number of hydrogen-bond donors (Lipinski definition) is 1. The average Bonchev–Trinajstić information content (AvgIpc) is 3.34. The van der Waals surface area contributed by atoms with E-state index in [2.05, 4.69) is 29.4 Å². The van der Waals surface area contributed by atoms with Crippen LogP contribution in [0.2, 0.25) is 0 Å². The Bertz CT molecular complexity index is 1160. The first kappa shape index (κ1) is 18.4. The Morgan fingerprint density at radius 2 is 1.87 bits per heavy atom. The number of amidine groups is 1. The summed E-state index contributed by atoms with van der Waals surface area (Å²) in [6, 6.07) is 18.2. The van der Waals surface area contributed by atoms with Crippen molar-refractivity contribution in [3.63, 3.8) is 0 Å². The molecule has 0 aliphatic carbocycles. The standard InChI is InChI=1S/C24H22N4O2/c1-3-18-13-28-14-25-24-21(22(28)26-18)20(15(2)30-24)23(29)27-19-11-9-17(10-12-19)16-7-5-4-6-8-16/h4-12,14,18H,3,13H2,1-2H3,(H,27,29)/t18-/m1/s1. The van der Waals surface area contributed by atoms with Gasteiger partial charge in [-0.1, -0.05) is 49.4 Å². The lowest BCUT2D eigenvalue weighted by Crippen LogP contribution is -2.31. The van der Waals surface area contributed by atoms with Crippen molar-refractivity contribution in [1.82, 2.24) is 4.90 Å². The van der Waals surface area contributed by atoms with E-state index in [1.165, 1.54) is 0 Å². The zero-order chi connectivity index (χ0) is 20.7. The smallest absolute Gasteiger partial charge is 0.260 e. The molecule has 30 heavy (non-hydrogen) atoms. The van der Waals surface area contributed by atoms with Crippen LogP contribution < -0.4 is 5.32 Å². The SMILES string of the molecule is CC[C@@H]1CN2C=Nc3oc(C)c(C(=O)Nc4ccc(-c5ccccc5)cc4)c3C2=N1. The maximum atomic E-state index is 13.2. The van der Waals surface area contributed by atoms with Gasteiger partial charge < -0.3 is 14.6 Å². The number of hydrogen-bond acceptors (Lipinski definition) is 5. The van der Waals surface area contributed by atoms with Gasteiger partial charge in [0, 0.05) is 12.2 Å². The van der Waals surface area contributed by atoms with Crippen molar-refractivity contribution >= 4 is 29.7 Å². The van der Waals surface area contributed by atoms with Crippen molar-refractivity contribution in [2.24, 2.45) is 9.98 Å². The topological polar surface area (TPSA) is 70.2 Å². The van der Waals surface area contributed by atoms with Crippen LogP contribution in [0.15, 0.2) is 69.0 Å². The van der Waals surface area contributed by atoms with Crippen molar-refractivity contribution in [3.05, 3.63) is 71.5 Å². The van der Waals surface area contributed by atoms with Gasteiger partial charge in [0.25, 0.3) is 5.91 Å². The van der Waals surface area contributed by atoms with Gasteiger partial charge >= 0.3 is 0 Å². The van der Waals surface area contributed by atoms with Crippen molar-refractivity contribution in [1.29, 1.82) is 0 Å². The highest BCUT2D eigenvalue weighted by molar-refractivity contribution is 6.19. The molecule has 3 heterocycles. The molecule has 0 saturated heterocycles. The number of rotatable bonds is 4. The van der Waals surface area contributed by atoms with Gasteiger partial charge in [-0.05, 0) is 36.6 Å². The predicted octanol–water partition coefficient (Wildman–Crippen LogP) is 5.02. The minimum absolute atomic E-state index is 0.203. The number of nitrogens with zero attached hydrogens (tertiary/aromatic N) is 3. The number of aryl methyl sites for hydroxylation is 1. The minimum Gasteiger partial charge on any atom is -0.442 e. The lowest BCUT2D eigenvalue weighted by molar-refractivity contribution is 0.102. The number of carbonyl (C=O) groups excluding carboxylic acids is 1. The van der Waals surface area contributed by atoms with Gasteiger partial charge in [-0.2, -0.15) is 0 Å². The molecular weight excluding hydrogens is 376 g/mol. The van der Waals surface area contributed by atoms with Gasteiger partial charge in [-0.25, -0.2) is 4.99 Å². The number of carbonyl (C=O) groups is 1. The highest BCUT2D eigenvalue weighted by Gasteiger charge is 2.35. The molecule has 6 nitrogen and oxygen atoms in total. The fourth-order valence-electron chi connectivity index (χ4n) is 3.93. The first-order valence-corrected chi connectivity index (χ1v) is 10.1. The summed E-state index contributed by atoms with van der Waals surface area (Å²) in [5.41, 5.74) is 4.14. The summed E-state index contributed by atoms with van der Waals surface area (Å²) >= 11 is 0. The molecule has 2 aliphatic heterocycles. The second-order valence-corrected chi connectivity index (χ2v) is 7.52. The minimum atomic E-state index is -0.218. The number of benzene rings is 2. The quantitative estimate of drug-likeness (QED) is 0.671. The van der Waals surface area contributed by atoms with Crippen LogP contribution in [-0.2, 0) is 0 Å². The molecule has 1 amide bonds. The lowest BCUT2D eigenvalue weighted by Gasteiger charge is -2.18. The van der Waals surface area contributed by atoms with Crippen molar-refractivity contribution in [3.8, 4) is 11.1 Å². The Balaban J connectivity index is 1.43. The van der Waals surface area contributed by atoms with Crippen LogP contribution in [0.4, 0.5) is 11.6 Å². The molecule has 150 valence electrons. The van der Waals surface area contributed by atoms with E-state index >= 15 is 0 Å². The number of nitrogens with one attached hydrogen (secondary N) is 1. The van der Waals surface area contributed by atoms with Crippen molar-refractivity contribution < 1.29 is 9.21 Å². The fraction of sp³-hybridized carbons (Fsp3) is 0.208. The summed E-state index contributed by atoms with van der Waals surface area (Å²) in [4.78, 5) is 24.3. The highest BCUT2D eigenvalue weighted by Crippen LogP contribution is 2.36. The molecule has 2 aliphatic rings. The monoisotopic (exact) mass is 398 g/mol. The largest absolute Gasteiger partial charge is 0.442 e. The van der Waals surface area contributed by atoms with Crippen LogP contribution in [0.3, 0.4) is 0 Å². The molecule has 1 N–H and O–H groups in total. The first-order chi connectivity index (χ1) is 14.6. The fourth-order valence-corrected chi connectivity index (χ4v) is 3.93. The highest BCUT2D eigenvalue weighted by atomic mass is 16.4. The van der Waals surface area contributed by atoms with E-state index in [4.69, 9.17) is 9.41 Å². The van der Waals surface area contributed by atoms with Crippen molar-refractivity contribution in [2.45, 2.75) is 26.3 Å². The maximum Gasteiger partial charge on any atom is 0.260 e. The Morgan fingerprint density at radius 1 is 1.13 bits per heavy atom. The Morgan fingerprint density at radius 3 is 2.60 bits per heavy atom. The second-order valence-electron chi connectivity index (χ2n) is 7.52. The van der Waals surface area contributed by atoms with E-state index in [1.54, 1.807) is 13.3 Å². The number of aliphatic imine (C=N–C) groups is 2. The first-order valence-electron chi connectivity index (χ1n) is 10.1. The number of amides is 1. The molecule has 0 fully saturated rings. The van der Waals surface area contributed by atoms with E-state index in [0.717, 1.165) is 35.6 Å². The number of furan rings is 1. The van der Waals surface area contributed by atoms with Crippen LogP contribution in [-0.4, -0.2) is 35.6 Å². The molecule has 0 unspecified atom stereocenters. The van der Waals surface area contributed by atoms with Crippen LogP contribution in [0, 0.1) is 6.92 Å². The number of fused-ring (bicyclic) bond motifs is 3. The predicted molar refractivity (Wildman–Crippen MR) is 119 cm³/mol. The van der Waals surface area contributed by atoms with Gasteiger partial charge in [0.15, 0.2) is 0 Å². The van der Waals surface area contributed by atoms with E-state index in [-0.39, 0.29) is 11.9 Å². The summed E-state index contributed by atoms with van der Waals surface area (Å²) < 4.78 is 5.78. The number of anilines is 1. The summed E-state index contributed by atoms with van der Waals surface area (Å²) in [5, 5.41) is 2.99. The van der Waals surface area contributed by atoms with Gasteiger partial charge in [0.2, 0.25) is 5.88 Å². The molecule has 0 spiro atoms. The Hall–Kier alpha value is -3.67. The van der Waals surface area contributed by atoms with E-state index in [0.29, 0.717) is 22.8 Å². The lowest BCUT2D eigenvalue weighted by atomic mass is 10.0. The van der Waals surface area contributed by atoms with Gasteiger partial charge in [-0.3, -0.25) is 9.79 Å². The molecule has 0 saturated carbocycles. The third-order valence-corrected chi connectivity index (χ3v) is 5.54. The van der Waals surface area contributed by atoms with Crippen LogP contribution in [0.5, 0.6) is 0 Å². The van der Waals surface area contributed by atoms with E-state index in [1.807, 2.05) is 47.4 Å².